The first-order valence-electron chi connectivity index (χ1n) is 11.2. The molecule has 0 aliphatic heterocycles. The van der Waals surface area contributed by atoms with Gasteiger partial charge < -0.3 is 14.5 Å². The molecule has 0 aliphatic carbocycles. The van der Waals surface area contributed by atoms with Gasteiger partial charge in [0.2, 0.25) is 5.91 Å². The molecule has 0 bridgehead atoms. The van der Waals surface area contributed by atoms with Crippen LogP contribution in [0.5, 0.6) is 5.75 Å². The number of carbonyl (C=O) groups is 1. The molecule has 1 amide bonds. The van der Waals surface area contributed by atoms with Gasteiger partial charge in [0.25, 0.3) is 0 Å². The normalized spacial score (nSPS) is 11.7. The van der Waals surface area contributed by atoms with Crippen LogP contribution in [-0.2, 0) is 4.79 Å². The Morgan fingerprint density at radius 1 is 1.10 bits per heavy atom. The molecular weight excluding hydrogens is 386 g/mol. The van der Waals surface area contributed by atoms with Crippen LogP contribution in [0.2, 0.25) is 0 Å². The molecule has 4 heteroatoms. The quantitative estimate of drug-likeness (QED) is 0.287. The van der Waals surface area contributed by atoms with Gasteiger partial charge in [0, 0.05) is 35.2 Å². The van der Waals surface area contributed by atoms with Gasteiger partial charge in [0.05, 0.1) is 12.9 Å². The molecule has 31 heavy (non-hydrogen) atoms. The van der Waals surface area contributed by atoms with E-state index < -0.39 is 0 Å². The van der Waals surface area contributed by atoms with Gasteiger partial charge in [-0.15, -0.1) is 0 Å². The number of fused-ring (bicyclic) bond motifs is 1. The number of benzene rings is 2. The lowest BCUT2D eigenvalue weighted by Gasteiger charge is -2.12. The first-order valence-corrected chi connectivity index (χ1v) is 11.2. The third kappa shape index (κ3) is 5.78. The van der Waals surface area contributed by atoms with E-state index in [1.165, 1.54) is 18.4 Å². The number of unbranched alkanes of at least 4 members (excludes halogenated alkanes) is 3. The van der Waals surface area contributed by atoms with Crippen molar-refractivity contribution in [1.29, 1.82) is 0 Å². The summed E-state index contributed by atoms with van der Waals surface area (Å²) in [5, 5.41) is 4.00. The standard InChI is InChI=1S/C27H33NO3/c1-5-7-8-9-14-28-27(29)15-20(4)22-16-23-24(21-12-10-19(3)11-13-21)18-31-26(23)17-25(22)30-6-2/h10-13,15-18H,5-9,14H2,1-4H3,(H,28,29)/b20-15+. The summed E-state index contributed by atoms with van der Waals surface area (Å²) in [6.07, 6.45) is 8.00. The Labute approximate surface area is 185 Å². The van der Waals surface area contributed by atoms with Crippen molar-refractivity contribution in [2.24, 2.45) is 0 Å². The number of amides is 1. The van der Waals surface area contributed by atoms with E-state index in [9.17, 15) is 4.79 Å². The summed E-state index contributed by atoms with van der Waals surface area (Å²) in [7, 11) is 0. The summed E-state index contributed by atoms with van der Waals surface area (Å²) >= 11 is 0. The first-order chi connectivity index (χ1) is 15.0. The van der Waals surface area contributed by atoms with E-state index in [1.54, 1.807) is 12.3 Å². The maximum atomic E-state index is 12.4. The number of carbonyl (C=O) groups excluding carboxylic acids is 1. The third-order valence-corrected chi connectivity index (χ3v) is 5.44. The number of furan rings is 1. The Morgan fingerprint density at radius 3 is 2.58 bits per heavy atom. The molecule has 0 atom stereocenters. The Kier molecular flexibility index (Phi) is 7.94. The average Bonchev–Trinajstić information content (AvgIpc) is 3.16. The summed E-state index contributed by atoms with van der Waals surface area (Å²) in [6.45, 7) is 9.41. The monoisotopic (exact) mass is 419 g/mol. The van der Waals surface area contributed by atoms with Crippen molar-refractivity contribution >= 4 is 22.4 Å². The molecule has 164 valence electrons. The molecule has 0 unspecified atom stereocenters. The van der Waals surface area contributed by atoms with E-state index in [-0.39, 0.29) is 5.91 Å². The van der Waals surface area contributed by atoms with Gasteiger partial charge in [-0.2, -0.15) is 0 Å². The Balaban J connectivity index is 1.90. The first kappa shape index (κ1) is 22.7. The maximum Gasteiger partial charge on any atom is 0.244 e. The van der Waals surface area contributed by atoms with Gasteiger partial charge >= 0.3 is 0 Å². The summed E-state index contributed by atoms with van der Waals surface area (Å²) in [4.78, 5) is 12.4. The fourth-order valence-corrected chi connectivity index (χ4v) is 3.68. The van der Waals surface area contributed by atoms with Crippen LogP contribution >= 0.6 is 0 Å². The fraction of sp³-hybridized carbons (Fsp3) is 0.370. The number of nitrogens with one attached hydrogen (secondary N) is 1. The largest absolute Gasteiger partial charge is 0.493 e. The fourth-order valence-electron chi connectivity index (χ4n) is 3.68. The Morgan fingerprint density at radius 2 is 1.87 bits per heavy atom. The van der Waals surface area contributed by atoms with Crippen molar-refractivity contribution in [2.75, 3.05) is 13.2 Å². The molecule has 1 heterocycles. The predicted molar refractivity (Wildman–Crippen MR) is 128 cm³/mol. The summed E-state index contributed by atoms with van der Waals surface area (Å²) < 4.78 is 11.7. The van der Waals surface area contributed by atoms with Crippen LogP contribution in [0, 0.1) is 6.92 Å². The van der Waals surface area contributed by atoms with E-state index in [0.717, 1.165) is 51.8 Å². The Bertz CT molecular complexity index is 1040. The van der Waals surface area contributed by atoms with Crippen molar-refractivity contribution < 1.29 is 13.9 Å². The van der Waals surface area contributed by atoms with Crippen LogP contribution < -0.4 is 10.1 Å². The summed E-state index contributed by atoms with van der Waals surface area (Å²) in [5.41, 5.74) is 5.91. The SMILES string of the molecule is CCCCCCNC(=O)/C=C(\C)c1cc2c(-c3ccc(C)cc3)coc2cc1OCC. The molecule has 2 aromatic carbocycles. The molecule has 0 spiro atoms. The number of aryl methyl sites for hydroxylation is 1. The van der Waals surface area contributed by atoms with Crippen LogP contribution in [0.1, 0.15) is 57.6 Å². The lowest BCUT2D eigenvalue weighted by atomic mass is 9.99. The average molecular weight is 420 g/mol. The van der Waals surface area contributed by atoms with Crippen molar-refractivity contribution in [2.45, 2.75) is 53.4 Å². The number of rotatable bonds is 10. The molecular formula is C27H33NO3. The number of ether oxygens (including phenoxy) is 1. The van der Waals surface area contributed by atoms with Gasteiger partial charge in [-0.25, -0.2) is 0 Å². The molecule has 3 aromatic rings. The minimum Gasteiger partial charge on any atom is -0.493 e. The lowest BCUT2D eigenvalue weighted by molar-refractivity contribution is -0.116. The Hall–Kier alpha value is -3.01. The third-order valence-electron chi connectivity index (χ3n) is 5.44. The van der Waals surface area contributed by atoms with Crippen LogP contribution in [0.4, 0.5) is 0 Å². The zero-order chi connectivity index (χ0) is 22.2. The number of hydrogen-bond donors (Lipinski definition) is 1. The van der Waals surface area contributed by atoms with Crippen molar-refractivity contribution in [1.82, 2.24) is 5.32 Å². The van der Waals surface area contributed by atoms with Crippen molar-refractivity contribution in [3.8, 4) is 16.9 Å². The van der Waals surface area contributed by atoms with Crippen molar-refractivity contribution in [3.63, 3.8) is 0 Å². The van der Waals surface area contributed by atoms with E-state index >= 15 is 0 Å². The second kappa shape index (κ2) is 10.9. The minimum atomic E-state index is -0.0671. The van der Waals surface area contributed by atoms with Crippen LogP contribution in [0.25, 0.3) is 27.7 Å². The molecule has 0 radical (unpaired) electrons. The second-order valence-electron chi connectivity index (χ2n) is 7.97. The lowest BCUT2D eigenvalue weighted by Crippen LogP contribution is -2.22. The van der Waals surface area contributed by atoms with Crippen LogP contribution in [0.3, 0.4) is 0 Å². The highest BCUT2D eigenvalue weighted by Crippen LogP contribution is 2.37. The van der Waals surface area contributed by atoms with E-state index in [2.05, 4.69) is 49.5 Å². The molecule has 0 fully saturated rings. The predicted octanol–water partition coefficient (Wildman–Crippen LogP) is 6.91. The highest BCUT2D eigenvalue weighted by atomic mass is 16.5. The van der Waals surface area contributed by atoms with E-state index in [0.29, 0.717) is 13.2 Å². The minimum absolute atomic E-state index is 0.0671. The summed E-state index contributed by atoms with van der Waals surface area (Å²) in [5.74, 6) is 0.659. The van der Waals surface area contributed by atoms with Gasteiger partial charge in [0.1, 0.15) is 11.3 Å². The second-order valence-corrected chi connectivity index (χ2v) is 7.97. The van der Waals surface area contributed by atoms with Gasteiger partial charge in [-0.1, -0.05) is 56.0 Å². The summed E-state index contributed by atoms with van der Waals surface area (Å²) in [6, 6.07) is 12.4. The van der Waals surface area contributed by atoms with Crippen LogP contribution in [0.15, 0.2) is 53.2 Å². The number of allylic oxidation sites excluding steroid dienone is 1. The topological polar surface area (TPSA) is 51.5 Å². The molecule has 1 aromatic heterocycles. The zero-order valence-corrected chi connectivity index (χ0v) is 19.1. The van der Waals surface area contributed by atoms with E-state index in [1.807, 2.05) is 19.9 Å². The van der Waals surface area contributed by atoms with Gasteiger partial charge in [-0.05, 0) is 44.4 Å². The maximum absolute atomic E-state index is 12.4. The highest BCUT2D eigenvalue weighted by molar-refractivity contribution is 6.00. The van der Waals surface area contributed by atoms with E-state index in [4.69, 9.17) is 9.15 Å². The van der Waals surface area contributed by atoms with Gasteiger partial charge in [0.15, 0.2) is 0 Å². The smallest absolute Gasteiger partial charge is 0.244 e. The van der Waals surface area contributed by atoms with Crippen LogP contribution in [-0.4, -0.2) is 19.1 Å². The molecule has 0 saturated carbocycles. The number of hydrogen-bond acceptors (Lipinski definition) is 3. The van der Waals surface area contributed by atoms with Gasteiger partial charge in [-0.3, -0.25) is 4.79 Å². The molecule has 3 rings (SSSR count). The zero-order valence-electron chi connectivity index (χ0n) is 19.1. The molecule has 4 nitrogen and oxygen atoms in total. The van der Waals surface area contributed by atoms with Crippen molar-refractivity contribution in [3.05, 3.63) is 59.9 Å². The molecule has 0 aliphatic rings. The molecule has 0 saturated heterocycles. The highest BCUT2D eigenvalue weighted by Gasteiger charge is 2.15. The molecule has 1 N–H and O–H groups in total.